The molecule has 0 atom stereocenters. The van der Waals surface area contributed by atoms with E-state index in [2.05, 4.69) is 24.9 Å². The number of nitrogens with zero attached hydrogens (tertiary/aromatic N) is 3. The van der Waals surface area contributed by atoms with Gasteiger partial charge in [0.15, 0.2) is 0 Å². The van der Waals surface area contributed by atoms with Crippen molar-refractivity contribution in [2.24, 2.45) is 0 Å². The van der Waals surface area contributed by atoms with Gasteiger partial charge >= 0.3 is 0 Å². The highest BCUT2D eigenvalue weighted by Crippen LogP contribution is 2.18. The van der Waals surface area contributed by atoms with E-state index in [1.54, 1.807) is 18.3 Å². The molecule has 0 aliphatic carbocycles. The fourth-order valence-electron chi connectivity index (χ4n) is 3.71. The lowest BCUT2D eigenvalue weighted by Gasteiger charge is -2.21. The normalized spacial score (nSPS) is 14.4. The molecule has 1 aliphatic rings. The Kier molecular flexibility index (Phi) is 7.19. The van der Waals surface area contributed by atoms with E-state index >= 15 is 0 Å². The van der Waals surface area contributed by atoms with Crippen LogP contribution in [0.25, 0.3) is 0 Å². The SMILES string of the molecule is O=C(NCc1ccc(N2CCCCCC2)nc1)c1ccc(S(=O)(=O)Nc2ccncc2)cc1. The maximum atomic E-state index is 12.5. The second kappa shape index (κ2) is 10.4. The molecule has 0 spiro atoms. The molecular weight excluding hydrogens is 438 g/mol. The summed E-state index contributed by atoms with van der Waals surface area (Å²) in [4.78, 5) is 23.3. The van der Waals surface area contributed by atoms with Crippen LogP contribution in [-0.2, 0) is 16.6 Å². The van der Waals surface area contributed by atoms with Crippen molar-refractivity contribution in [3.8, 4) is 0 Å². The Labute approximate surface area is 194 Å². The number of nitrogens with one attached hydrogen (secondary N) is 2. The maximum absolute atomic E-state index is 12.5. The number of sulfonamides is 1. The first kappa shape index (κ1) is 22.7. The van der Waals surface area contributed by atoms with Gasteiger partial charge in [0.1, 0.15) is 5.82 Å². The van der Waals surface area contributed by atoms with Crippen molar-refractivity contribution in [2.45, 2.75) is 37.1 Å². The second-order valence-electron chi connectivity index (χ2n) is 7.97. The summed E-state index contributed by atoms with van der Waals surface area (Å²) >= 11 is 0. The summed E-state index contributed by atoms with van der Waals surface area (Å²) in [6.45, 7) is 2.41. The molecule has 1 saturated heterocycles. The van der Waals surface area contributed by atoms with Gasteiger partial charge in [-0.3, -0.25) is 14.5 Å². The van der Waals surface area contributed by atoms with E-state index in [1.807, 2.05) is 12.1 Å². The summed E-state index contributed by atoms with van der Waals surface area (Å²) < 4.78 is 27.5. The molecule has 3 aromatic rings. The lowest BCUT2D eigenvalue weighted by molar-refractivity contribution is 0.0951. The van der Waals surface area contributed by atoms with E-state index in [1.165, 1.54) is 62.3 Å². The van der Waals surface area contributed by atoms with Gasteiger partial charge in [0, 0.05) is 43.8 Å². The zero-order chi connectivity index (χ0) is 23.1. The largest absolute Gasteiger partial charge is 0.357 e. The van der Waals surface area contributed by atoms with E-state index in [-0.39, 0.29) is 10.8 Å². The molecule has 3 heterocycles. The zero-order valence-electron chi connectivity index (χ0n) is 18.3. The van der Waals surface area contributed by atoms with E-state index in [0.29, 0.717) is 17.8 Å². The summed E-state index contributed by atoms with van der Waals surface area (Å²) in [5, 5.41) is 2.86. The average molecular weight is 466 g/mol. The van der Waals surface area contributed by atoms with Gasteiger partial charge in [-0.2, -0.15) is 0 Å². The van der Waals surface area contributed by atoms with Crippen molar-refractivity contribution in [1.29, 1.82) is 0 Å². The highest BCUT2D eigenvalue weighted by molar-refractivity contribution is 7.92. The van der Waals surface area contributed by atoms with Crippen molar-refractivity contribution in [1.82, 2.24) is 15.3 Å². The zero-order valence-corrected chi connectivity index (χ0v) is 19.1. The summed E-state index contributed by atoms with van der Waals surface area (Å²) in [5.41, 5.74) is 1.71. The van der Waals surface area contributed by atoms with Crippen LogP contribution < -0.4 is 14.9 Å². The van der Waals surface area contributed by atoms with Crippen LogP contribution in [-0.4, -0.2) is 37.4 Å². The molecule has 33 heavy (non-hydrogen) atoms. The molecule has 8 nitrogen and oxygen atoms in total. The van der Waals surface area contributed by atoms with Gasteiger partial charge in [0.2, 0.25) is 0 Å². The Morgan fingerprint density at radius 1 is 0.909 bits per heavy atom. The van der Waals surface area contributed by atoms with E-state index in [4.69, 9.17) is 0 Å². The second-order valence-corrected chi connectivity index (χ2v) is 9.66. The third kappa shape index (κ3) is 6.07. The Hall–Kier alpha value is -3.46. The van der Waals surface area contributed by atoms with Gasteiger partial charge in [-0.05, 0) is 60.9 Å². The van der Waals surface area contributed by atoms with Gasteiger partial charge < -0.3 is 10.2 Å². The molecule has 2 aromatic heterocycles. The third-order valence-corrected chi connectivity index (χ3v) is 6.95. The molecular formula is C24H27N5O3S. The molecule has 0 bridgehead atoms. The molecule has 0 saturated carbocycles. The minimum absolute atomic E-state index is 0.0733. The summed E-state index contributed by atoms with van der Waals surface area (Å²) in [5.74, 6) is 0.696. The smallest absolute Gasteiger partial charge is 0.261 e. The number of pyridine rings is 2. The number of anilines is 2. The monoisotopic (exact) mass is 465 g/mol. The van der Waals surface area contributed by atoms with Gasteiger partial charge in [0.25, 0.3) is 15.9 Å². The minimum Gasteiger partial charge on any atom is -0.357 e. The Morgan fingerprint density at radius 3 is 2.24 bits per heavy atom. The Bertz CT molecular complexity index is 1160. The number of hydrogen-bond donors (Lipinski definition) is 2. The number of amides is 1. The van der Waals surface area contributed by atoms with Crippen LogP contribution in [0.1, 0.15) is 41.6 Å². The van der Waals surface area contributed by atoms with Gasteiger partial charge in [-0.15, -0.1) is 0 Å². The summed E-state index contributed by atoms with van der Waals surface area (Å²) in [6, 6.07) is 12.9. The lowest BCUT2D eigenvalue weighted by Crippen LogP contribution is -2.25. The quantitative estimate of drug-likeness (QED) is 0.553. The highest BCUT2D eigenvalue weighted by atomic mass is 32.2. The van der Waals surface area contributed by atoms with Gasteiger partial charge in [-0.25, -0.2) is 13.4 Å². The maximum Gasteiger partial charge on any atom is 0.261 e. The summed E-state index contributed by atoms with van der Waals surface area (Å²) in [6.07, 6.45) is 9.73. The minimum atomic E-state index is -3.75. The van der Waals surface area contributed by atoms with Crippen molar-refractivity contribution in [3.05, 3.63) is 78.2 Å². The molecule has 1 aromatic carbocycles. The molecule has 172 valence electrons. The molecule has 1 fully saturated rings. The van der Waals surface area contributed by atoms with E-state index in [0.717, 1.165) is 24.5 Å². The van der Waals surface area contributed by atoms with Crippen molar-refractivity contribution in [3.63, 3.8) is 0 Å². The number of rotatable bonds is 7. The number of benzene rings is 1. The van der Waals surface area contributed by atoms with Crippen LogP contribution in [0, 0.1) is 0 Å². The molecule has 9 heteroatoms. The van der Waals surface area contributed by atoms with Crippen LogP contribution >= 0.6 is 0 Å². The first-order valence-electron chi connectivity index (χ1n) is 11.0. The average Bonchev–Trinajstić information content (AvgIpc) is 3.13. The fourth-order valence-corrected chi connectivity index (χ4v) is 4.77. The molecule has 2 N–H and O–H groups in total. The van der Waals surface area contributed by atoms with Crippen LogP contribution in [0.3, 0.4) is 0 Å². The highest BCUT2D eigenvalue weighted by Gasteiger charge is 2.15. The first-order valence-corrected chi connectivity index (χ1v) is 12.5. The van der Waals surface area contributed by atoms with E-state index < -0.39 is 10.0 Å². The molecule has 1 amide bonds. The molecule has 0 unspecified atom stereocenters. The van der Waals surface area contributed by atoms with Crippen molar-refractivity contribution in [2.75, 3.05) is 22.7 Å². The van der Waals surface area contributed by atoms with Crippen molar-refractivity contribution >= 4 is 27.4 Å². The predicted octanol–water partition coefficient (Wildman–Crippen LogP) is 3.59. The van der Waals surface area contributed by atoms with E-state index in [9.17, 15) is 13.2 Å². The van der Waals surface area contributed by atoms with Crippen LogP contribution in [0.15, 0.2) is 72.0 Å². The molecule has 4 rings (SSSR count). The standard InChI is InChI=1S/C24H27N5O3S/c30-24(27-18-19-5-10-23(26-17-19)29-15-3-1-2-4-16-29)20-6-8-22(9-7-20)33(31,32)28-21-11-13-25-14-12-21/h5-14,17H,1-4,15-16,18H2,(H,25,28)(H,27,30). The van der Waals surface area contributed by atoms with Crippen molar-refractivity contribution < 1.29 is 13.2 Å². The third-order valence-electron chi connectivity index (χ3n) is 5.55. The first-order chi connectivity index (χ1) is 16.0. The number of carbonyl (C=O) groups is 1. The van der Waals surface area contributed by atoms with Crippen LogP contribution in [0.2, 0.25) is 0 Å². The van der Waals surface area contributed by atoms with Crippen LogP contribution in [0.5, 0.6) is 0 Å². The number of carbonyl (C=O) groups excluding carboxylic acids is 1. The number of hydrogen-bond acceptors (Lipinski definition) is 6. The number of aromatic nitrogens is 2. The van der Waals surface area contributed by atoms with Gasteiger partial charge in [0.05, 0.1) is 10.6 Å². The predicted molar refractivity (Wildman–Crippen MR) is 128 cm³/mol. The molecule has 1 aliphatic heterocycles. The Balaban J connectivity index is 1.33. The lowest BCUT2D eigenvalue weighted by atomic mass is 10.2. The Morgan fingerprint density at radius 2 is 1.61 bits per heavy atom. The summed E-state index contributed by atoms with van der Waals surface area (Å²) in [7, 11) is -3.75. The topological polar surface area (TPSA) is 104 Å². The van der Waals surface area contributed by atoms with Gasteiger partial charge in [-0.1, -0.05) is 18.9 Å². The molecule has 0 radical (unpaired) electrons. The van der Waals surface area contributed by atoms with Crippen LogP contribution in [0.4, 0.5) is 11.5 Å². The fraction of sp³-hybridized carbons (Fsp3) is 0.292.